The highest BCUT2D eigenvalue weighted by Crippen LogP contribution is 2.07. The number of hydrogen-bond donors (Lipinski definition) is 2. The average Bonchev–Trinajstić information content (AvgIpc) is 2.01. The Kier molecular flexibility index (Phi) is 5.88. The van der Waals surface area contributed by atoms with Crippen LogP contribution in [-0.4, -0.2) is 27.9 Å². The Bertz CT molecular complexity index is 219. The van der Waals surface area contributed by atoms with Crippen LogP contribution in [0, 0.1) is 5.92 Å². The quantitative estimate of drug-likeness (QED) is 0.716. The van der Waals surface area contributed by atoms with Crippen molar-refractivity contribution in [3.05, 3.63) is 0 Å². The monoisotopic (exact) mass is 241 g/mol. The molecule has 1 atom stereocenters. The summed E-state index contributed by atoms with van der Waals surface area (Å²) in [5, 5.41) is 11.0. The summed E-state index contributed by atoms with van der Waals surface area (Å²) < 4.78 is 0. The van der Waals surface area contributed by atoms with Crippen LogP contribution < -0.4 is 5.32 Å². The summed E-state index contributed by atoms with van der Waals surface area (Å²) in [7, 11) is 0. The molecule has 0 aromatic rings. The molecular weight excluding hydrogens is 229 g/mol. The van der Waals surface area contributed by atoms with E-state index in [1.807, 2.05) is 13.8 Å². The average molecular weight is 242 g/mol. The summed E-state index contributed by atoms with van der Waals surface area (Å²) in [4.78, 5) is 20.5. The smallest absolute Gasteiger partial charge is 0.326 e. The summed E-state index contributed by atoms with van der Waals surface area (Å²) >= 11 is 10.5. The van der Waals surface area contributed by atoms with E-state index in [1.165, 1.54) is 0 Å². The molecule has 0 fully saturated rings. The summed E-state index contributed by atoms with van der Waals surface area (Å²) in [5.74, 6) is -1.59. The van der Waals surface area contributed by atoms with Crippen LogP contribution in [0.3, 0.4) is 0 Å². The van der Waals surface area contributed by atoms with Gasteiger partial charge in [0.25, 0.3) is 5.91 Å². The molecule has 0 aromatic heterocycles. The van der Waals surface area contributed by atoms with Gasteiger partial charge in [0.1, 0.15) is 6.04 Å². The Morgan fingerprint density at radius 1 is 1.36 bits per heavy atom. The van der Waals surface area contributed by atoms with Gasteiger partial charge in [-0.25, -0.2) is 4.79 Å². The van der Waals surface area contributed by atoms with Gasteiger partial charge < -0.3 is 10.4 Å². The number of nitrogens with one attached hydrogen (secondary N) is 1. The van der Waals surface area contributed by atoms with Gasteiger partial charge in [-0.15, -0.1) is 0 Å². The molecule has 0 saturated heterocycles. The van der Waals surface area contributed by atoms with E-state index in [2.05, 4.69) is 5.32 Å². The van der Waals surface area contributed by atoms with E-state index < -0.39 is 22.8 Å². The molecule has 6 heteroatoms. The zero-order chi connectivity index (χ0) is 11.3. The van der Waals surface area contributed by atoms with Gasteiger partial charge in [-0.05, 0) is 12.3 Å². The van der Waals surface area contributed by atoms with Crippen LogP contribution in [0.25, 0.3) is 0 Å². The summed E-state index contributed by atoms with van der Waals surface area (Å²) in [5.41, 5.74) is 0. The molecule has 0 aliphatic heterocycles. The Morgan fingerprint density at radius 2 is 1.86 bits per heavy atom. The van der Waals surface area contributed by atoms with Gasteiger partial charge in [0.15, 0.2) is 4.84 Å². The van der Waals surface area contributed by atoms with Crippen molar-refractivity contribution >= 4 is 35.1 Å². The number of carbonyl (C=O) groups is 2. The number of carboxylic acid groups (broad SMARTS) is 1. The maximum atomic E-state index is 11.0. The molecule has 14 heavy (non-hydrogen) atoms. The molecule has 0 aliphatic rings. The van der Waals surface area contributed by atoms with E-state index in [9.17, 15) is 9.59 Å². The van der Waals surface area contributed by atoms with Crippen LogP contribution >= 0.6 is 23.2 Å². The fraction of sp³-hybridized carbons (Fsp3) is 0.750. The third-order valence-electron chi connectivity index (χ3n) is 1.52. The van der Waals surface area contributed by atoms with Crippen molar-refractivity contribution in [2.45, 2.75) is 31.1 Å². The molecule has 0 saturated carbocycles. The van der Waals surface area contributed by atoms with Gasteiger partial charge in [0, 0.05) is 0 Å². The number of amides is 1. The molecule has 0 bridgehead atoms. The Hall–Kier alpha value is -0.480. The standard InChI is InChI=1S/C8H13Cl2NO3/c1-4(2)3-5(8(13)14)11-7(12)6(9)10/h4-6H,3H2,1-2H3,(H,11,12)(H,13,14)/t5-/m0/s1. The van der Waals surface area contributed by atoms with Crippen molar-refractivity contribution in [1.29, 1.82) is 0 Å². The number of carboxylic acids is 1. The molecule has 0 spiro atoms. The van der Waals surface area contributed by atoms with Crippen molar-refractivity contribution in [1.82, 2.24) is 5.32 Å². The molecule has 0 rings (SSSR count). The lowest BCUT2D eigenvalue weighted by molar-refractivity contribution is -0.142. The molecule has 0 radical (unpaired) electrons. The normalized spacial score (nSPS) is 13.0. The first kappa shape index (κ1) is 13.5. The predicted octanol–water partition coefficient (Wildman–Crippen LogP) is 1.41. The predicted molar refractivity (Wildman–Crippen MR) is 54.5 cm³/mol. The van der Waals surface area contributed by atoms with Gasteiger partial charge in [0.2, 0.25) is 0 Å². The highest BCUT2D eigenvalue weighted by atomic mass is 35.5. The lowest BCUT2D eigenvalue weighted by Crippen LogP contribution is -2.43. The zero-order valence-corrected chi connectivity index (χ0v) is 9.47. The summed E-state index contributed by atoms with van der Waals surface area (Å²) in [6.45, 7) is 3.72. The first-order valence-electron chi connectivity index (χ1n) is 4.16. The second-order valence-electron chi connectivity index (χ2n) is 3.33. The van der Waals surface area contributed by atoms with E-state index in [0.717, 1.165) is 0 Å². The van der Waals surface area contributed by atoms with Crippen LogP contribution in [0.2, 0.25) is 0 Å². The molecular formula is C8H13Cl2NO3. The van der Waals surface area contributed by atoms with Crippen molar-refractivity contribution in [3.63, 3.8) is 0 Å². The van der Waals surface area contributed by atoms with Crippen LogP contribution in [0.5, 0.6) is 0 Å². The third-order valence-corrected chi connectivity index (χ3v) is 1.92. The minimum atomic E-state index is -1.23. The minimum Gasteiger partial charge on any atom is -0.480 e. The van der Waals surface area contributed by atoms with Gasteiger partial charge in [-0.2, -0.15) is 0 Å². The lowest BCUT2D eigenvalue weighted by atomic mass is 10.0. The highest BCUT2D eigenvalue weighted by Gasteiger charge is 2.23. The first-order chi connectivity index (χ1) is 6.34. The van der Waals surface area contributed by atoms with Crippen molar-refractivity contribution < 1.29 is 14.7 Å². The van der Waals surface area contributed by atoms with E-state index in [4.69, 9.17) is 28.3 Å². The topological polar surface area (TPSA) is 66.4 Å². The Morgan fingerprint density at radius 3 is 2.14 bits per heavy atom. The van der Waals surface area contributed by atoms with Gasteiger partial charge >= 0.3 is 5.97 Å². The molecule has 0 heterocycles. The van der Waals surface area contributed by atoms with E-state index in [-0.39, 0.29) is 5.92 Å². The number of halogens is 2. The number of aliphatic carboxylic acids is 1. The number of rotatable bonds is 5. The van der Waals surface area contributed by atoms with Crippen LogP contribution in [0.4, 0.5) is 0 Å². The first-order valence-corrected chi connectivity index (χ1v) is 5.03. The second-order valence-corrected chi connectivity index (χ2v) is 4.43. The highest BCUT2D eigenvalue weighted by molar-refractivity contribution is 6.53. The Balaban J connectivity index is 4.23. The third kappa shape index (κ3) is 5.29. The maximum absolute atomic E-state index is 11.0. The van der Waals surface area contributed by atoms with Crippen LogP contribution in [0.1, 0.15) is 20.3 Å². The molecule has 2 N–H and O–H groups in total. The van der Waals surface area contributed by atoms with Gasteiger partial charge in [0.05, 0.1) is 0 Å². The minimum absolute atomic E-state index is 0.167. The van der Waals surface area contributed by atoms with Crippen molar-refractivity contribution in [2.24, 2.45) is 5.92 Å². The zero-order valence-electron chi connectivity index (χ0n) is 7.96. The van der Waals surface area contributed by atoms with Crippen molar-refractivity contribution in [2.75, 3.05) is 0 Å². The molecule has 0 aromatic carbocycles. The Labute approximate surface area is 92.6 Å². The van der Waals surface area contributed by atoms with Crippen molar-refractivity contribution in [3.8, 4) is 0 Å². The maximum Gasteiger partial charge on any atom is 0.326 e. The number of carbonyl (C=O) groups excluding carboxylic acids is 1. The fourth-order valence-electron chi connectivity index (χ4n) is 0.928. The van der Waals surface area contributed by atoms with Crippen LogP contribution in [0.15, 0.2) is 0 Å². The SMILES string of the molecule is CC(C)C[C@H](NC(=O)C(Cl)Cl)C(=O)O. The molecule has 4 nitrogen and oxygen atoms in total. The molecule has 0 unspecified atom stereocenters. The molecule has 82 valence electrons. The molecule has 0 aliphatic carbocycles. The molecule has 1 amide bonds. The van der Waals surface area contributed by atoms with E-state index in [1.54, 1.807) is 0 Å². The number of alkyl halides is 2. The fourth-order valence-corrected chi connectivity index (χ4v) is 1.05. The van der Waals surface area contributed by atoms with E-state index >= 15 is 0 Å². The van der Waals surface area contributed by atoms with Gasteiger partial charge in [-0.3, -0.25) is 4.79 Å². The van der Waals surface area contributed by atoms with Crippen LogP contribution in [-0.2, 0) is 9.59 Å². The number of hydrogen-bond acceptors (Lipinski definition) is 2. The lowest BCUT2D eigenvalue weighted by Gasteiger charge is -2.16. The van der Waals surface area contributed by atoms with E-state index in [0.29, 0.717) is 6.42 Å². The summed E-state index contributed by atoms with van der Waals surface area (Å²) in [6.07, 6.45) is 0.349. The summed E-state index contributed by atoms with van der Waals surface area (Å²) in [6, 6.07) is -0.928. The largest absolute Gasteiger partial charge is 0.480 e. The van der Waals surface area contributed by atoms with Gasteiger partial charge in [-0.1, -0.05) is 37.0 Å². The second kappa shape index (κ2) is 6.09.